The number of alkyl halides is 3. The Bertz CT molecular complexity index is 239. The normalized spacial score (nSPS) is 15.2. The van der Waals surface area contributed by atoms with Gasteiger partial charge in [0.25, 0.3) is 0 Å². The van der Waals surface area contributed by atoms with E-state index in [0.717, 1.165) is 39.7 Å². The maximum atomic E-state index is 12.6. The highest BCUT2D eigenvalue weighted by Crippen LogP contribution is 2.34. The summed E-state index contributed by atoms with van der Waals surface area (Å²) in [6.45, 7) is 3.12. The van der Waals surface area contributed by atoms with Crippen LogP contribution in [0.15, 0.2) is 0 Å². The summed E-state index contributed by atoms with van der Waals surface area (Å²) in [6, 6.07) is 0. The van der Waals surface area contributed by atoms with Crippen LogP contribution in [0.5, 0.6) is 0 Å². The largest absolute Gasteiger partial charge is 0.469 e. The van der Waals surface area contributed by atoms with Crippen molar-refractivity contribution in [3.63, 3.8) is 0 Å². The van der Waals surface area contributed by atoms with Crippen molar-refractivity contribution in [2.75, 3.05) is 7.11 Å². The molecular weight excluding hydrogens is 245 g/mol. The highest BCUT2D eigenvalue weighted by molar-refractivity contribution is 5.72. The van der Waals surface area contributed by atoms with Crippen LogP contribution in [-0.4, -0.2) is 19.3 Å². The molecule has 2 unspecified atom stereocenters. The molecule has 0 rings (SSSR count). The Balaban J connectivity index is 4.29. The summed E-state index contributed by atoms with van der Waals surface area (Å²) >= 11 is 0. The molecule has 0 spiro atoms. The predicted molar refractivity (Wildman–Crippen MR) is 64.1 cm³/mol. The predicted octanol–water partition coefficient (Wildman–Crippen LogP) is 4.33. The average molecular weight is 268 g/mol. The van der Waals surface area contributed by atoms with Gasteiger partial charge in [-0.2, -0.15) is 13.2 Å². The number of methoxy groups -OCH3 is 1. The second-order valence-corrected chi connectivity index (χ2v) is 4.66. The lowest BCUT2D eigenvalue weighted by Crippen LogP contribution is -2.33. The van der Waals surface area contributed by atoms with Crippen LogP contribution in [0.1, 0.15) is 52.4 Å². The zero-order chi connectivity index (χ0) is 14.2. The zero-order valence-corrected chi connectivity index (χ0v) is 11.3. The molecule has 0 aromatic heterocycles. The van der Waals surface area contributed by atoms with Gasteiger partial charge in [-0.3, -0.25) is 4.79 Å². The first kappa shape index (κ1) is 17.3. The highest BCUT2D eigenvalue weighted by Gasteiger charge is 2.44. The van der Waals surface area contributed by atoms with Crippen molar-refractivity contribution in [3.05, 3.63) is 0 Å². The Morgan fingerprint density at radius 3 is 2.17 bits per heavy atom. The van der Waals surface area contributed by atoms with Crippen molar-refractivity contribution in [2.24, 2.45) is 11.8 Å². The van der Waals surface area contributed by atoms with E-state index in [2.05, 4.69) is 11.7 Å². The fraction of sp³-hybridized carbons (Fsp3) is 0.923. The Labute approximate surface area is 107 Å². The highest BCUT2D eigenvalue weighted by atomic mass is 19.4. The number of rotatable bonds is 8. The molecule has 0 aliphatic heterocycles. The van der Waals surface area contributed by atoms with Crippen molar-refractivity contribution in [3.8, 4) is 0 Å². The summed E-state index contributed by atoms with van der Waals surface area (Å²) in [5, 5.41) is 0. The minimum absolute atomic E-state index is 0.247. The van der Waals surface area contributed by atoms with Crippen LogP contribution in [0.4, 0.5) is 13.2 Å². The number of carbonyl (C=O) groups is 1. The van der Waals surface area contributed by atoms with E-state index < -0.39 is 24.0 Å². The minimum Gasteiger partial charge on any atom is -0.469 e. The third-order valence-electron chi connectivity index (χ3n) is 3.24. The number of carbonyl (C=O) groups excluding carboxylic acids is 1. The third kappa shape index (κ3) is 6.26. The number of ether oxygens (including phenoxy) is 1. The van der Waals surface area contributed by atoms with Gasteiger partial charge in [0.1, 0.15) is 0 Å². The SMILES string of the molecule is CCCCCCCC(C(=O)OC)C(C)C(F)(F)F. The Morgan fingerprint density at radius 2 is 1.72 bits per heavy atom. The van der Waals surface area contributed by atoms with Crippen molar-refractivity contribution in [2.45, 2.75) is 58.5 Å². The Hall–Kier alpha value is -0.740. The van der Waals surface area contributed by atoms with Gasteiger partial charge in [0.15, 0.2) is 0 Å². The molecule has 5 heteroatoms. The molecule has 0 amide bonds. The van der Waals surface area contributed by atoms with Gasteiger partial charge in [-0.25, -0.2) is 0 Å². The van der Waals surface area contributed by atoms with E-state index in [0.29, 0.717) is 6.42 Å². The summed E-state index contributed by atoms with van der Waals surface area (Å²) in [7, 11) is 1.13. The monoisotopic (exact) mass is 268 g/mol. The van der Waals surface area contributed by atoms with Crippen molar-refractivity contribution in [1.82, 2.24) is 0 Å². The number of hydrogen-bond acceptors (Lipinski definition) is 2. The van der Waals surface area contributed by atoms with E-state index >= 15 is 0 Å². The zero-order valence-electron chi connectivity index (χ0n) is 11.3. The van der Waals surface area contributed by atoms with Crippen LogP contribution in [0.3, 0.4) is 0 Å². The van der Waals surface area contributed by atoms with E-state index in [9.17, 15) is 18.0 Å². The molecule has 0 aliphatic carbocycles. The third-order valence-corrected chi connectivity index (χ3v) is 3.24. The maximum Gasteiger partial charge on any atom is 0.392 e. The van der Waals surface area contributed by atoms with Crippen LogP contribution in [0.2, 0.25) is 0 Å². The summed E-state index contributed by atoms with van der Waals surface area (Å²) in [5.74, 6) is -3.47. The molecule has 0 aromatic carbocycles. The molecule has 0 saturated heterocycles. The van der Waals surface area contributed by atoms with Gasteiger partial charge < -0.3 is 4.74 Å². The molecular formula is C13H23F3O2. The van der Waals surface area contributed by atoms with Crippen LogP contribution in [0, 0.1) is 11.8 Å². The molecule has 0 fully saturated rings. The standard InChI is InChI=1S/C13H23F3O2/c1-4-5-6-7-8-9-11(12(17)18-3)10(2)13(14,15)16/h10-11H,4-9H2,1-3H3. The lowest BCUT2D eigenvalue weighted by molar-refractivity contribution is -0.193. The van der Waals surface area contributed by atoms with Crippen LogP contribution < -0.4 is 0 Å². The molecule has 0 heterocycles. The summed E-state index contributed by atoms with van der Waals surface area (Å²) in [5.41, 5.74) is 0. The van der Waals surface area contributed by atoms with Crippen LogP contribution in [-0.2, 0) is 9.53 Å². The molecule has 0 bridgehead atoms. The lowest BCUT2D eigenvalue weighted by atomic mass is 9.88. The van der Waals surface area contributed by atoms with Gasteiger partial charge in [-0.15, -0.1) is 0 Å². The second-order valence-electron chi connectivity index (χ2n) is 4.66. The van der Waals surface area contributed by atoms with E-state index in [-0.39, 0.29) is 6.42 Å². The van der Waals surface area contributed by atoms with E-state index in [1.165, 1.54) is 0 Å². The Kier molecular flexibility index (Phi) is 8.03. The summed E-state index contributed by atoms with van der Waals surface area (Å²) in [4.78, 5) is 11.4. The number of hydrogen-bond donors (Lipinski definition) is 0. The molecule has 108 valence electrons. The van der Waals surface area contributed by atoms with Crippen molar-refractivity contribution >= 4 is 5.97 Å². The fourth-order valence-corrected chi connectivity index (χ4v) is 1.92. The summed E-state index contributed by atoms with van der Waals surface area (Å²) < 4.78 is 42.3. The molecule has 0 saturated carbocycles. The smallest absolute Gasteiger partial charge is 0.392 e. The van der Waals surface area contributed by atoms with E-state index in [1.54, 1.807) is 0 Å². The fourth-order valence-electron chi connectivity index (χ4n) is 1.92. The number of esters is 1. The molecule has 2 atom stereocenters. The number of halogens is 3. The molecule has 0 aliphatic rings. The summed E-state index contributed by atoms with van der Waals surface area (Å²) in [6.07, 6.45) is 0.577. The first-order valence-corrected chi connectivity index (χ1v) is 6.49. The second kappa shape index (κ2) is 8.38. The molecule has 0 aromatic rings. The minimum atomic E-state index is -4.34. The quantitative estimate of drug-likeness (QED) is 0.483. The first-order chi connectivity index (χ1) is 8.34. The molecule has 2 nitrogen and oxygen atoms in total. The number of unbranched alkanes of at least 4 members (excludes halogenated alkanes) is 4. The first-order valence-electron chi connectivity index (χ1n) is 6.49. The van der Waals surface area contributed by atoms with E-state index in [4.69, 9.17) is 0 Å². The van der Waals surface area contributed by atoms with Crippen molar-refractivity contribution < 1.29 is 22.7 Å². The molecule has 0 N–H and O–H groups in total. The van der Waals surface area contributed by atoms with Gasteiger partial charge in [0, 0.05) is 0 Å². The van der Waals surface area contributed by atoms with Gasteiger partial charge in [0.05, 0.1) is 18.9 Å². The van der Waals surface area contributed by atoms with E-state index in [1.807, 2.05) is 0 Å². The topological polar surface area (TPSA) is 26.3 Å². The van der Waals surface area contributed by atoms with Gasteiger partial charge in [-0.05, 0) is 6.42 Å². The van der Waals surface area contributed by atoms with Crippen LogP contribution >= 0.6 is 0 Å². The van der Waals surface area contributed by atoms with Crippen LogP contribution in [0.25, 0.3) is 0 Å². The van der Waals surface area contributed by atoms with Gasteiger partial charge >= 0.3 is 12.1 Å². The van der Waals surface area contributed by atoms with Crippen molar-refractivity contribution in [1.29, 1.82) is 0 Å². The Morgan fingerprint density at radius 1 is 1.17 bits per heavy atom. The lowest BCUT2D eigenvalue weighted by Gasteiger charge is -2.23. The molecule has 0 radical (unpaired) electrons. The van der Waals surface area contributed by atoms with Gasteiger partial charge in [-0.1, -0.05) is 46.0 Å². The maximum absolute atomic E-state index is 12.6. The average Bonchev–Trinajstić information content (AvgIpc) is 2.31. The molecule has 18 heavy (non-hydrogen) atoms. The van der Waals surface area contributed by atoms with Gasteiger partial charge in [0.2, 0.25) is 0 Å².